The predicted molar refractivity (Wildman–Crippen MR) is 74.4 cm³/mol. The van der Waals surface area contributed by atoms with Gasteiger partial charge >= 0.3 is 0 Å². The number of hydrogen-bond donors (Lipinski definition) is 1. The van der Waals surface area contributed by atoms with E-state index in [1.807, 2.05) is 0 Å². The topological polar surface area (TPSA) is 20.2 Å². The van der Waals surface area contributed by atoms with Gasteiger partial charge in [0.2, 0.25) is 0 Å². The Balaban J connectivity index is 2.92. The van der Waals surface area contributed by atoms with Crippen molar-refractivity contribution in [2.45, 2.75) is 47.0 Å². The maximum absolute atomic E-state index is 9.43. The van der Waals surface area contributed by atoms with Crippen LogP contribution in [0.4, 0.5) is 0 Å². The molecule has 0 radical (unpaired) electrons. The van der Waals surface area contributed by atoms with Gasteiger partial charge in [-0.05, 0) is 47.8 Å². The third-order valence-corrected chi connectivity index (χ3v) is 3.70. The average Bonchev–Trinajstić information content (AvgIpc) is 2.27. The molecule has 1 aromatic carbocycles. The van der Waals surface area contributed by atoms with Gasteiger partial charge in [-0.25, -0.2) is 0 Å². The Morgan fingerprint density at radius 2 is 1.76 bits per heavy atom. The van der Waals surface area contributed by atoms with Gasteiger partial charge in [-0.1, -0.05) is 45.9 Å². The molecule has 96 valence electrons. The van der Waals surface area contributed by atoms with Gasteiger partial charge in [-0.2, -0.15) is 0 Å². The molecule has 1 atom stereocenters. The molecule has 0 aliphatic rings. The highest BCUT2D eigenvalue weighted by Gasteiger charge is 2.14. The molecule has 0 aromatic heterocycles. The minimum Gasteiger partial charge on any atom is -0.396 e. The second-order valence-electron chi connectivity index (χ2n) is 5.73. The zero-order valence-corrected chi connectivity index (χ0v) is 11.8. The lowest BCUT2D eigenvalue weighted by atomic mass is 9.87. The first-order valence-electron chi connectivity index (χ1n) is 6.66. The summed E-state index contributed by atoms with van der Waals surface area (Å²) < 4.78 is 0. The summed E-state index contributed by atoms with van der Waals surface area (Å²) in [5, 5.41) is 9.43. The smallest absolute Gasteiger partial charge is 0.0464 e. The van der Waals surface area contributed by atoms with Gasteiger partial charge in [-0.3, -0.25) is 0 Å². The zero-order chi connectivity index (χ0) is 13.0. The van der Waals surface area contributed by atoms with Crippen molar-refractivity contribution in [2.75, 3.05) is 6.61 Å². The molecule has 0 bridgehead atoms. The maximum Gasteiger partial charge on any atom is 0.0464 e. The first kappa shape index (κ1) is 14.2. The van der Waals surface area contributed by atoms with Crippen LogP contribution in [0.5, 0.6) is 0 Å². The van der Waals surface area contributed by atoms with Crippen molar-refractivity contribution >= 4 is 0 Å². The van der Waals surface area contributed by atoms with Crippen LogP contribution in [0, 0.1) is 18.8 Å². The summed E-state index contributed by atoms with van der Waals surface area (Å²) in [6.07, 6.45) is 0.987. The fourth-order valence-electron chi connectivity index (χ4n) is 2.06. The lowest BCUT2D eigenvalue weighted by Gasteiger charge is -2.20. The molecular weight excluding hydrogens is 208 g/mol. The first-order chi connectivity index (χ1) is 7.95. The first-order valence-corrected chi connectivity index (χ1v) is 6.66. The standard InChI is InChI=1S/C16H26O/c1-11(2)14-7-6-13(5)15(8-14)9-16(10-17)12(3)4/h6-8,11-12,16-17H,9-10H2,1-5H3. The van der Waals surface area contributed by atoms with Gasteiger partial charge in [0.1, 0.15) is 0 Å². The van der Waals surface area contributed by atoms with E-state index < -0.39 is 0 Å². The molecule has 1 unspecified atom stereocenters. The lowest BCUT2D eigenvalue weighted by molar-refractivity contribution is 0.189. The molecule has 0 aliphatic heterocycles. The Morgan fingerprint density at radius 3 is 2.24 bits per heavy atom. The predicted octanol–water partition coefficient (Wildman–Crippen LogP) is 3.93. The SMILES string of the molecule is Cc1ccc(C(C)C)cc1CC(CO)C(C)C. The highest BCUT2D eigenvalue weighted by molar-refractivity contribution is 5.33. The third kappa shape index (κ3) is 3.85. The minimum absolute atomic E-state index is 0.281. The summed E-state index contributed by atoms with van der Waals surface area (Å²) in [5.74, 6) is 1.47. The van der Waals surface area contributed by atoms with Crippen LogP contribution in [0.2, 0.25) is 0 Å². The third-order valence-electron chi connectivity index (χ3n) is 3.70. The summed E-state index contributed by atoms with van der Waals surface area (Å²) >= 11 is 0. The number of aliphatic hydroxyl groups excluding tert-OH is 1. The van der Waals surface area contributed by atoms with Crippen LogP contribution < -0.4 is 0 Å². The van der Waals surface area contributed by atoms with Crippen LogP contribution in [0.15, 0.2) is 18.2 Å². The van der Waals surface area contributed by atoms with Crippen molar-refractivity contribution in [1.29, 1.82) is 0 Å². The van der Waals surface area contributed by atoms with E-state index in [1.54, 1.807) is 0 Å². The molecular formula is C16H26O. The zero-order valence-electron chi connectivity index (χ0n) is 11.8. The van der Waals surface area contributed by atoms with Gasteiger partial charge < -0.3 is 5.11 Å². The molecule has 1 aromatic rings. The number of rotatable bonds is 5. The molecule has 0 amide bonds. The normalized spacial score (nSPS) is 13.4. The largest absolute Gasteiger partial charge is 0.396 e. The molecule has 0 fully saturated rings. The van der Waals surface area contributed by atoms with Crippen LogP contribution in [0.3, 0.4) is 0 Å². The van der Waals surface area contributed by atoms with Crippen LogP contribution in [0.25, 0.3) is 0 Å². The van der Waals surface area contributed by atoms with Crippen LogP contribution >= 0.6 is 0 Å². The Hall–Kier alpha value is -0.820. The molecule has 0 spiro atoms. The van der Waals surface area contributed by atoms with E-state index in [0.717, 1.165) is 6.42 Å². The summed E-state index contributed by atoms with van der Waals surface area (Å²) in [5.41, 5.74) is 4.13. The Morgan fingerprint density at radius 1 is 1.12 bits per heavy atom. The summed E-state index contributed by atoms with van der Waals surface area (Å²) in [6, 6.07) is 6.73. The molecule has 1 heteroatoms. The van der Waals surface area contributed by atoms with E-state index in [2.05, 4.69) is 52.8 Å². The highest BCUT2D eigenvalue weighted by Crippen LogP contribution is 2.23. The quantitative estimate of drug-likeness (QED) is 0.818. The fraction of sp³-hybridized carbons (Fsp3) is 0.625. The molecule has 1 N–H and O–H groups in total. The van der Waals surface area contributed by atoms with E-state index >= 15 is 0 Å². The average molecular weight is 234 g/mol. The van der Waals surface area contributed by atoms with Crippen molar-refractivity contribution in [3.05, 3.63) is 34.9 Å². The van der Waals surface area contributed by atoms with Crippen molar-refractivity contribution in [2.24, 2.45) is 11.8 Å². The molecule has 17 heavy (non-hydrogen) atoms. The highest BCUT2D eigenvalue weighted by atomic mass is 16.3. The van der Waals surface area contributed by atoms with Crippen molar-refractivity contribution in [1.82, 2.24) is 0 Å². The van der Waals surface area contributed by atoms with E-state index in [4.69, 9.17) is 0 Å². The van der Waals surface area contributed by atoms with Gasteiger partial charge in [0.15, 0.2) is 0 Å². The Bertz CT molecular complexity index is 353. The van der Waals surface area contributed by atoms with E-state index in [1.165, 1.54) is 16.7 Å². The minimum atomic E-state index is 0.281. The number of benzene rings is 1. The van der Waals surface area contributed by atoms with E-state index in [9.17, 15) is 5.11 Å². The molecule has 0 saturated heterocycles. The second kappa shape index (κ2) is 6.20. The maximum atomic E-state index is 9.43. The molecule has 0 saturated carbocycles. The molecule has 1 rings (SSSR count). The van der Waals surface area contributed by atoms with Crippen LogP contribution in [-0.4, -0.2) is 11.7 Å². The van der Waals surface area contributed by atoms with Crippen LogP contribution in [0.1, 0.15) is 50.3 Å². The van der Waals surface area contributed by atoms with Crippen LogP contribution in [-0.2, 0) is 6.42 Å². The monoisotopic (exact) mass is 234 g/mol. The van der Waals surface area contributed by atoms with E-state index in [0.29, 0.717) is 17.8 Å². The van der Waals surface area contributed by atoms with E-state index in [-0.39, 0.29) is 6.61 Å². The molecule has 0 aliphatic carbocycles. The fourth-order valence-corrected chi connectivity index (χ4v) is 2.06. The van der Waals surface area contributed by atoms with Gasteiger partial charge in [0.25, 0.3) is 0 Å². The van der Waals surface area contributed by atoms with Crippen molar-refractivity contribution in [3.8, 4) is 0 Å². The summed E-state index contributed by atoms with van der Waals surface area (Å²) in [7, 11) is 0. The van der Waals surface area contributed by atoms with Crippen molar-refractivity contribution < 1.29 is 5.11 Å². The summed E-state index contributed by atoms with van der Waals surface area (Å²) in [6.45, 7) is 11.3. The summed E-state index contributed by atoms with van der Waals surface area (Å²) in [4.78, 5) is 0. The number of hydrogen-bond acceptors (Lipinski definition) is 1. The molecule has 1 nitrogen and oxygen atoms in total. The second-order valence-corrected chi connectivity index (χ2v) is 5.73. The lowest BCUT2D eigenvalue weighted by Crippen LogP contribution is -2.17. The van der Waals surface area contributed by atoms with Gasteiger partial charge in [0, 0.05) is 6.61 Å². The Labute approximate surface area is 106 Å². The molecule has 0 heterocycles. The number of aryl methyl sites for hydroxylation is 1. The van der Waals surface area contributed by atoms with Crippen molar-refractivity contribution in [3.63, 3.8) is 0 Å². The Kier molecular flexibility index (Phi) is 5.20. The van der Waals surface area contributed by atoms with Gasteiger partial charge in [0.05, 0.1) is 0 Å². The number of aliphatic hydroxyl groups is 1. The van der Waals surface area contributed by atoms with Gasteiger partial charge in [-0.15, -0.1) is 0 Å².